The second kappa shape index (κ2) is 9.19. The number of amides is 2. The van der Waals surface area contributed by atoms with E-state index < -0.39 is 11.7 Å². The standard InChI is InChI=1S/C12H23BrN2O3/c1-12(2,3)18-11(17)15-8-4-6-10(16)14-9-5-7-13/h4-9H2,1-3H3,(H,14,16)(H,15,17). The number of ether oxygens (including phenoxy) is 1. The zero-order valence-corrected chi connectivity index (χ0v) is 12.9. The molecule has 0 rings (SSSR count). The first-order valence-corrected chi connectivity index (χ1v) is 7.27. The minimum absolute atomic E-state index is 0.0157. The van der Waals surface area contributed by atoms with Gasteiger partial charge in [-0.05, 0) is 33.6 Å². The Morgan fingerprint density at radius 3 is 2.28 bits per heavy atom. The maximum atomic E-state index is 11.3. The molecule has 106 valence electrons. The van der Waals surface area contributed by atoms with Gasteiger partial charge >= 0.3 is 6.09 Å². The fourth-order valence-electron chi connectivity index (χ4n) is 1.14. The lowest BCUT2D eigenvalue weighted by Crippen LogP contribution is -2.33. The third-order valence-electron chi connectivity index (χ3n) is 1.88. The zero-order valence-electron chi connectivity index (χ0n) is 11.3. The molecular weight excluding hydrogens is 300 g/mol. The van der Waals surface area contributed by atoms with E-state index in [2.05, 4.69) is 26.6 Å². The van der Waals surface area contributed by atoms with Gasteiger partial charge in [0.2, 0.25) is 5.91 Å². The van der Waals surface area contributed by atoms with Crippen molar-refractivity contribution in [2.24, 2.45) is 0 Å². The summed E-state index contributed by atoms with van der Waals surface area (Å²) in [5.41, 5.74) is -0.489. The molecule has 0 aliphatic heterocycles. The number of carbonyl (C=O) groups excluding carboxylic acids is 2. The van der Waals surface area contributed by atoms with Crippen LogP contribution in [0.1, 0.15) is 40.0 Å². The lowest BCUT2D eigenvalue weighted by Gasteiger charge is -2.19. The van der Waals surface area contributed by atoms with Crippen LogP contribution in [0.2, 0.25) is 0 Å². The monoisotopic (exact) mass is 322 g/mol. The summed E-state index contributed by atoms with van der Waals surface area (Å²) in [5, 5.41) is 6.29. The second-order valence-electron chi connectivity index (χ2n) is 4.92. The van der Waals surface area contributed by atoms with Gasteiger partial charge in [0, 0.05) is 24.8 Å². The molecule has 0 aromatic carbocycles. The maximum Gasteiger partial charge on any atom is 0.407 e. The van der Waals surface area contributed by atoms with Crippen molar-refractivity contribution < 1.29 is 14.3 Å². The van der Waals surface area contributed by atoms with E-state index in [0.717, 1.165) is 11.8 Å². The van der Waals surface area contributed by atoms with Gasteiger partial charge in [-0.3, -0.25) is 4.79 Å². The second-order valence-corrected chi connectivity index (χ2v) is 5.72. The van der Waals surface area contributed by atoms with E-state index in [4.69, 9.17) is 4.74 Å². The Balaban J connectivity index is 3.50. The Labute approximate surface area is 117 Å². The van der Waals surface area contributed by atoms with Crippen LogP contribution >= 0.6 is 15.9 Å². The number of alkyl carbamates (subject to hydrolysis) is 1. The number of carbonyl (C=O) groups is 2. The molecule has 2 amide bonds. The van der Waals surface area contributed by atoms with Crippen LogP contribution in [0, 0.1) is 0 Å². The molecule has 5 nitrogen and oxygen atoms in total. The van der Waals surface area contributed by atoms with E-state index in [1.165, 1.54) is 0 Å². The van der Waals surface area contributed by atoms with Crippen molar-refractivity contribution in [1.29, 1.82) is 0 Å². The molecule has 0 unspecified atom stereocenters. The number of alkyl halides is 1. The summed E-state index contributed by atoms with van der Waals surface area (Å²) in [6.45, 7) is 6.56. The first-order valence-electron chi connectivity index (χ1n) is 6.14. The highest BCUT2D eigenvalue weighted by Crippen LogP contribution is 2.06. The molecule has 0 fully saturated rings. The molecule has 0 saturated carbocycles. The van der Waals surface area contributed by atoms with E-state index in [-0.39, 0.29) is 5.91 Å². The SMILES string of the molecule is CC(C)(C)OC(=O)NCCCC(=O)NCCCBr. The molecule has 0 spiro atoms. The van der Waals surface area contributed by atoms with Crippen molar-refractivity contribution in [2.45, 2.75) is 45.6 Å². The van der Waals surface area contributed by atoms with Gasteiger partial charge in [0.05, 0.1) is 0 Å². The van der Waals surface area contributed by atoms with Crippen LogP contribution in [-0.4, -0.2) is 36.0 Å². The lowest BCUT2D eigenvalue weighted by atomic mass is 10.2. The van der Waals surface area contributed by atoms with Crippen molar-refractivity contribution >= 4 is 27.9 Å². The summed E-state index contributed by atoms with van der Waals surface area (Å²) in [6, 6.07) is 0. The molecule has 0 aliphatic rings. The molecule has 0 heterocycles. The molecule has 0 aromatic rings. The van der Waals surface area contributed by atoms with E-state index in [9.17, 15) is 9.59 Å². The minimum Gasteiger partial charge on any atom is -0.444 e. The summed E-state index contributed by atoms with van der Waals surface area (Å²) < 4.78 is 5.07. The van der Waals surface area contributed by atoms with Gasteiger partial charge in [-0.15, -0.1) is 0 Å². The summed E-state index contributed by atoms with van der Waals surface area (Å²) in [7, 11) is 0. The first-order chi connectivity index (χ1) is 8.35. The third kappa shape index (κ3) is 11.7. The highest BCUT2D eigenvalue weighted by Gasteiger charge is 2.15. The smallest absolute Gasteiger partial charge is 0.407 e. The normalized spacial score (nSPS) is 10.9. The largest absolute Gasteiger partial charge is 0.444 e. The average molecular weight is 323 g/mol. The van der Waals surface area contributed by atoms with E-state index >= 15 is 0 Å². The quantitative estimate of drug-likeness (QED) is 0.557. The number of hydrogen-bond donors (Lipinski definition) is 2. The summed E-state index contributed by atoms with van der Waals surface area (Å²) in [6.07, 6.45) is 1.50. The molecular formula is C12H23BrN2O3. The van der Waals surface area contributed by atoms with Crippen LogP contribution in [0.25, 0.3) is 0 Å². The van der Waals surface area contributed by atoms with E-state index in [1.54, 1.807) is 0 Å². The van der Waals surface area contributed by atoms with Crippen molar-refractivity contribution in [3.8, 4) is 0 Å². The molecule has 0 atom stereocenters. The molecule has 2 N–H and O–H groups in total. The summed E-state index contributed by atoms with van der Waals surface area (Å²) in [5.74, 6) is 0.0157. The fourth-order valence-corrected chi connectivity index (χ4v) is 1.42. The number of nitrogens with one attached hydrogen (secondary N) is 2. The van der Waals surface area contributed by atoms with Crippen molar-refractivity contribution in [3.05, 3.63) is 0 Å². The first kappa shape index (κ1) is 17.2. The average Bonchev–Trinajstić information content (AvgIpc) is 2.22. The van der Waals surface area contributed by atoms with Crippen LogP contribution < -0.4 is 10.6 Å². The Hall–Kier alpha value is -0.780. The van der Waals surface area contributed by atoms with Gasteiger partial charge in [0.1, 0.15) is 5.60 Å². The molecule has 0 bridgehead atoms. The number of rotatable bonds is 7. The number of hydrogen-bond acceptors (Lipinski definition) is 3. The maximum absolute atomic E-state index is 11.3. The number of halogens is 1. The predicted octanol–water partition coefficient (Wildman–Crippen LogP) is 2.19. The lowest BCUT2D eigenvalue weighted by molar-refractivity contribution is -0.121. The Morgan fingerprint density at radius 1 is 1.11 bits per heavy atom. The predicted molar refractivity (Wildman–Crippen MR) is 74.9 cm³/mol. The van der Waals surface area contributed by atoms with Gasteiger partial charge < -0.3 is 15.4 Å². The van der Waals surface area contributed by atoms with Crippen LogP contribution in [0.5, 0.6) is 0 Å². The molecule has 0 aliphatic carbocycles. The summed E-state index contributed by atoms with van der Waals surface area (Å²) in [4.78, 5) is 22.6. The molecule has 18 heavy (non-hydrogen) atoms. The van der Waals surface area contributed by atoms with Gasteiger partial charge in [-0.2, -0.15) is 0 Å². The molecule has 0 aromatic heterocycles. The molecule has 0 saturated heterocycles. The van der Waals surface area contributed by atoms with Crippen LogP contribution in [0.3, 0.4) is 0 Å². The van der Waals surface area contributed by atoms with E-state index in [0.29, 0.717) is 25.9 Å². The van der Waals surface area contributed by atoms with E-state index in [1.807, 2.05) is 20.8 Å². The Bertz CT molecular complexity index is 265. The summed E-state index contributed by atoms with van der Waals surface area (Å²) >= 11 is 3.29. The van der Waals surface area contributed by atoms with Crippen molar-refractivity contribution in [3.63, 3.8) is 0 Å². The fraction of sp³-hybridized carbons (Fsp3) is 0.833. The van der Waals surface area contributed by atoms with Crippen LogP contribution in [0.15, 0.2) is 0 Å². The molecule has 6 heteroatoms. The highest BCUT2D eigenvalue weighted by molar-refractivity contribution is 9.09. The zero-order chi connectivity index (χ0) is 14.0. The third-order valence-corrected chi connectivity index (χ3v) is 2.44. The Morgan fingerprint density at radius 2 is 1.72 bits per heavy atom. The van der Waals surface area contributed by atoms with Gasteiger partial charge in [-0.25, -0.2) is 4.79 Å². The minimum atomic E-state index is -0.489. The van der Waals surface area contributed by atoms with Gasteiger partial charge in [0.25, 0.3) is 0 Å². The van der Waals surface area contributed by atoms with Crippen molar-refractivity contribution in [2.75, 3.05) is 18.4 Å². The highest BCUT2D eigenvalue weighted by atomic mass is 79.9. The van der Waals surface area contributed by atoms with Crippen molar-refractivity contribution in [1.82, 2.24) is 10.6 Å². The van der Waals surface area contributed by atoms with Gasteiger partial charge in [0.15, 0.2) is 0 Å². The van der Waals surface area contributed by atoms with Crippen LogP contribution in [0.4, 0.5) is 4.79 Å². The topological polar surface area (TPSA) is 67.4 Å². The molecule has 0 radical (unpaired) electrons. The van der Waals surface area contributed by atoms with Crippen LogP contribution in [-0.2, 0) is 9.53 Å². The van der Waals surface area contributed by atoms with Gasteiger partial charge in [-0.1, -0.05) is 15.9 Å². The Kier molecular flexibility index (Phi) is 8.79.